The zero-order valence-electron chi connectivity index (χ0n) is 15.3. The molecule has 0 aliphatic carbocycles. The van der Waals surface area contributed by atoms with E-state index in [0.29, 0.717) is 6.42 Å². The van der Waals surface area contributed by atoms with E-state index >= 15 is 0 Å². The highest BCUT2D eigenvalue weighted by Crippen LogP contribution is 2.34. The fraction of sp³-hybridized carbons (Fsp3) is 0.632. The van der Waals surface area contributed by atoms with Crippen molar-refractivity contribution in [3.63, 3.8) is 0 Å². The zero-order chi connectivity index (χ0) is 17.1. The van der Waals surface area contributed by atoms with Gasteiger partial charge in [0.1, 0.15) is 0 Å². The van der Waals surface area contributed by atoms with Crippen LogP contribution in [0.3, 0.4) is 0 Å². The average molecular weight is 323 g/mol. The van der Waals surface area contributed by atoms with E-state index in [1.807, 2.05) is 0 Å². The molecule has 22 heavy (non-hydrogen) atoms. The van der Waals surface area contributed by atoms with Gasteiger partial charge >= 0.3 is 5.97 Å². The molecule has 0 saturated carbocycles. The molecule has 0 atom stereocenters. The summed E-state index contributed by atoms with van der Waals surface area (Å²) in [6, 6.07) is 4.52. The fourth-order valence-electron chi connectivity index (χ4n) is 2.86. The standard InChI is InChI=1S/C19H30O2S/c1-13-15(18(2,3)4)11-14(9-10-17(20)21-22-8)12-16(13)19(5,6)7/h11-12H,9-10H2,1-8H3. The molecule has 0 fully saturated rings. The van der Waals surface area contributed by atoms with Gasteiger partial charge < -0.3 is 4.18 Å². The quantitative estimate of drug-likeness (QED) is 0.700. The van der Waals surface area contributed by atoms with E-state index in [1.165, 1.54) is 22.3 Å². The number of carbonyl (C=O) groups excluding carboxylic acids is 1. The molecule has 2 nitrogen and oxygen atoms in total. The van der Waals surface area contributed by atoms with Crippen LogP contribution in [0.4, 0.5) is 0 Å². The van der Waals surface area contributed by atoms with Crippen LogP contribution in [0, 0.1) is 6.92 Å². The van der Waals surface area contributed by atoms with Crippen LogP contribution in [0.2, 0.25) is 0 Å². The van der Waals surface area contributed by atoms with Gasteiger partial charge in [-0.3, -0.25) is 4.79 Å². The van der Waals surface area contributed by atoms with Gasteiger partial charge in [0, 0.05) is 6.26 Å². The Balaban J connectivity index is 3.21. The predicted molar refractivity (Wildman–Crippen MR) is 96.5 cm³/mol. The molecule has 0 heterocycles. The number of rotatable bonds is 4. The summed E-state index contributed by atoms with van der Waals surface area (Å²) in [6.07, 6.45) is 2.92. The molecule has 1 rings (SSSR count). The highest BCUT2D eigenvalue weighted by molar-refractivity contribution is 7.94. The summed E-state index contributed by atoms with van der Waals surface area (Å²) in [7, 11) is 0. The molecule has 0 N–H and O–H groups in total. The first-order valence-corrected chi connectivity index (χ1v) is 8.99. The second kappa shape index (κ2) is 7.08. The van der Waals surface area contributed by atoms with Gasteiger partial charge in [0.2, 0.25) is 0 Å². The highest BCUT2D eigenvalue weighted by atomic mass is 32.2. The molecule has 0 saturated heterocycles. The lowest BCUT2D eigenvalue weighted by atomic mass is 9.75. The maximum absolute atomic E-state index is 11.6. The molecule has 1 aromatic rings. The van der Waals surface area contributed by atoms with Crippen molar-refractivity contribution in [2.45, 2.75) is 72.1 Å². The number of benzene rings is 1. The lowest BCUT2D eigenvalue weighted by molar-refractivity contribution is -0.132. The molecule has 0 aliphatic heterocycles. The van der Waals surface area contributed by atoms with Gasteiger partial charge in [0.25, 0.3) is 0 Å². The van der Waals surface area contributed by atoms with Crippen LogP contribution < -0.4 is 0 Å². The maximum atomic E-state index is 11.6. The molecule has 3 heteroatoms. The summed E-state index contributed by atoms with van der Waals surface area (Å²) < 4.78 is 4.96. The summed E-state index contributed by atoms with van der Waals surface area (Å²) in [5.74, 6) is -0.150. The molecule has 0 aliphatic rings. The van der Waals surface area contributed by atoms with Crippen LogP contribution in [0.5, 0.6) is 0 Å². The molecule has 0 aromatic heterocycles. The van der Waals surface area contributed by atoms with E-state index in [1.54, 1.807) is 6.26 Å². The highest BCUT2D eigenvalue weighted by Gasteiger charge is 2.24. The number of hydrogen-bond donors (Lipinski definition) is 0. The Labute approximate surface area is 140 Å². The van der Waals surface area contributed by atoms with Crippen LogP contribution in [0.1, 0.15) is 70.2 Å². The predicted octanol–water partition coefficient (Wildman–Crippen LogP) is 5.34. The molecule has 1 aromatic carbocycles. The third-order valence-corrected chi connectivity index (χ3v) is 4.23. The number of carbonyl (C=O) groups is 1. The van der Waals surface area contributed by atoms with Crippen LogP contribution in [0.15, 0.2) is 12.1 Å². The SMILES string of the molecule is CSOC(=O)CCc1cc(C(C)(C)C)c(C)c(C(C)(C)C)c1. The summed E-state index contributed by atoms with van der Waals surface area (Å²) in [5, 5.41) is 0. The van der Waals surface area contributed by atoms with Gasteiger partial charge in [-0.2, -0.15) is 0 Å². The molecule has 0 bridgehead atoms. The van der Waals surface area contributed by atoms with Crippen LogP contribution >= 0.6 is 12.0 Å². The van der Waals surface area contributed by atoms with Crippen LogP contribution in [-0.2, 0) is 26.2 Å². The third kappa shape index (κ3) is 5.05. The van der Waals surface area contributed by atoms with Gasteiger partial charge in [0.15, 0.2) is 0 Å². The summed E-state index contributed by atoms with van der Waals surface area (Å²) in [6.45, 7) is 15.7. The number of aryl methyl sites for hydroxylation is 1. The van der Waals surface area contributed by atoms with Gasteiger partial charge in [-0.05, 0) is 46.4 Å². The van der Waals surface area contributed by atoms with E-state index < -0.39 is 0 Å². The van der Waals surface area contributed by atoms with Crippen molar-refractivity contribution in [2.75, 3.05) is 6.26 Å². The lowest BCUT2D eigenvalue weighted by Crippen LogP contribution is -2.20. The van der Waals surface area contributed by atoms with Crippen molar-refractivity contribution in [3.8, 4) is 0 Å². The maximum Gasteiger partial charge on any atom is 0.318 e. The van der Waals surface area contributed by atoms with Crippen molar-refractivity contribution in [1.82, 2.24) is 0 Å². The van der Waals surface area contributed by atoms with Crippen molar-refractivity contribution in [3.05, 3.63) is 34.4 Å². The summed E-state index contributed by atoms with van der Waals surface area (Å²) in [5.41, 5.74) is 5.52. The Hall–Kier alpha value is -0.960. The first-order chi connectivity index (χ1) is 9.96. The largest absolute Gasteiger partial charge is 0.392 e. The van der Waals surface area contributed by atoms with Gasteiger partial charge in [-0.15, -0.1) is 0 Å². The minimum Gasteiger partial charge on any atom is -0.392 e. The molecule has 0 unspecified atom stereocenters. The van der Waals surface area contributed by atoms with Crippen molar-refractivity contribution < 1.29 is 8.98 Å². The lowest BCUT2D eigenvalue weighted by Gasteiger charge is -2.30. The third-order valence-electron chi connectivity index (χ3n) is 3.88. The van der Waals surface area contributed by atoms with Crippen molar-refractivity contribution in [1.29, 1.82) is 0 Å². The molecular formula is C19H30O2S. The second-order valence-corrected chi connectivity index (χ2v) is 8.44. The molecule has 124 valence electrons. The first kappa shape index (κ1) is 19.1. The number of hydrogen-bond acceptors (Lipinski definition) is 3. The molecular weight excluding hydrogens is 292 g/mol. The van der Waals surface area contributed by atoms with E-state index in [-0.39, 0.29) is 16.8 Å². The minimum atomic E-state index is -0.150. The normalized spacial score (nSPS) is 12.4. The smallest absolute Gasteiger partial charge is 0.318 e. The van der Waals surface area contributed by atoms with E-state index in [9.17, 15) is 4.79 Å². The summed E-state index contributed by atoms with van der Waals surface area (Å²) in [4.78, 5) is 11.6. The second-order valence-electron chi connectivity index (χ2n) is 7.94. The van der Waals surface area contributed by atoms with E-state index in [0.717, 1.165) is 18.5 Å². The van der Waals surface area contributed by atoms with Crippen molar-refractivity contribution in [2.24, 2.45) is 0 Å². The first-order valence-electron chi connectivity index (χ1n) is 7.84. The monoisotopic (exact) mass is 322 g/mol. The molecule has 0 amide bonds. The van der Waals surface area contributed by atoms with Gasteiger partial charge in [-0.25, -0.2) is 0 Å². The Morgan fingerprint density at radius 1 is 1.05 bits per heavy atom. The minimum absolute atomic E-state index is 0.0971. The van der Waals surface area contributed by atoms with Gasteiger partial charge in [0.05, 0.1) is 18.5 Å². The molecule has 0 radical (unpaired) electrons. The van der Waals surface area contributed by atoms with Crippen LogP contribution in [0.25, 0.3) is 0 Å². The summed E-state index contributed by atoms with van der Waals surface area (Å²) >= 11 is 1.11. The zero-order valence-corrected chi connectivity index (χ0v) is 16.1. The van der Waals surface area contributed by atoms with E-state index in [2.05, 4.69) is 60.6 Å². The van der Waals surface area contributed by atoms with E-state index in [4.69, 9.17) is 4.18 Å². The molecule has 0 spiro atoms. The Morgan fingerprint density at radius 3 is 1.86 bits per heavy atom. The Morgan fingerprint density at radius 2 is 1.50 bits per heavy atom. The van der Waals surface area contributed by atoms with Gasteiger partial charge in [-0.1, -0.05) is 53.7 Å². The van der Waals surface area contributed by atoms with Crippen LogP contribution in [-0.4, -0.2) is 12.2 Å². The topological polar surface area (TPSA) is 26.3 Å². The Bertz CT molecular complexity index is 498. The Kier molecular flexibility index (Phi) is 6.14. The average Bonchev–Trinajstić information content (AvgIpc) is 2.35. The fourth-order valence-corrected chi connectivity index (χ4v) is 3.13. The van der Waals surface area contributed by atoms with Crippen molar-refractivity contribution >= 4 is 18.0 Å².